The van der Waals surface area contributed by atoms with Crippen LogP contribution in [0.2, 0.25) is 0 Å². The van der Waals surface area contributed by atoms with Crippen LogP contribution >= 0.6 is 0 Å². The highest BCUT2D eigenvalue weighted by molar-refractivity contribution is 4.97. The largest absolute Gasteiger partial charge is 0.374 e. The van der Waals surface area contributed by atoms with Crippen molar-refractivity contribution in [3.8, 4) is 12.3 Å². The summed E-state index contributed by atoms with van der Waals surface area (Å²) in [4.78, 5) is 0. The molecule has 1 rings (SSSR count). The van der Waals surface area contributed by atoms with E-state index in [0.717, 1.165) is 32.3 Å². The van der Waals surface area contributed by atoms with Crippen molar-refractivity contribution in [3.05, 3.63) is 0 Å². The van der Waals surface area contributed by atoms with E-state index in [0.29, 0.717) is 0 Å². The minimum atomic E-state index is -0.0639. The number of ether oxygens (including phenoxy) is 1. The van der Waals surface area contributed by atoms with Crippen molar-refractivity contribution in [2.24, 2.45) is 5.73 Å². The molecular formula is C12H21NO. The van der Waals surface area contributed by atoms with Gasteiger partial charge in [-0.05, 0) is 26.2 Å². The molecule has 0 spiro atoms. The Balaban J connectivity index is 2.53. The first-order chi connectivity index (χ1) is 6.75. The van der Waals surface area contributed by atoms with Crippen molar-refractivity contribution in [2.75, 3.05) is 6.61 Å². The van der Waals surface area contributed by atoms with E-state index in [1.807, 2.05) is 6.92 Å². The molecule has 1 aliphatic rings. The molecule has 0 heterocycles. The summed E-state index contributed by atoms with van der Waals surface area (Å²) in [5.74, 6) is 2.65. The van der Waals surface area contributed by atoms with Gasteiger partial charge in [0.2, 0.25) is 0 Å². The summed E-state index contributed by atoms with van der Waals surface area (Å²) in [6.45, 7) is 2.79. The van der Waals surface area contributed by atoms with Gasteiger partial charge in [-0.2, -0.15) is 0 Å². The molecular weight excluding hydrogens is 174 g/mol. The number of nitrogens with two attached hydrogens (primary N) is 1. The molecule has 0 radical (unpaired) electrons. The Morgan fingerprint density at radius 3 is 2.64 bits per heavy atom. The summed E-state index contributed by atoms with van der Waals surface area (Å²) in [6.07, 6.45) is 11.6. The molecule has 0 bridgehead atoms. The molecule has 2 nitrogen and oxygen atoms in total. The van der Waals surface area contributed by atoms with Crippen LogP contribution in [0, 0.1) is 12.3 Å². The van der Waals surface area contributed by atoms with Gasteiger partial charge in [-0.25, -0.2) is 0 Å². The number of terminal acetylenes is 1. The van der Waals surface area contributed by atoms with Crippen molar-refractivity contribution in [2.45, 2.75) is 57.1 Å². The molecule has 0 aromatic carbocycles. The van der Waals surface area contributed by atoms with Gasteiger partial charge in [0.1, 0.15) is 0 Å². The predicted octanol–water partition coefficient (Wildman–Crippen LogP) is 2.08. The van der Waals surface area contributed by atoms with Crippen LogP contribution in [0.3, 0.4) is 0 Å². The average Bonchev–Trinajstić information content (AvgIpc) is 2.64. The summed E-state index contributed by atoms with van der Waals surface area (Å²) >= 11 is 0. The average molecular weight is 195 g/mol. The normalized spacial score (nSPS) is 21.8. The first kappa shape index (κ1) is 11.6. The molecule has 0 aliphatic heterocycles. The highest BCUT2D eigenvalue weighted by Gasteiger charge is 2.39. The molecule has 2 heteroatoms. The van der Waals surface area contributed by atoms with E-state index in [2.05, 4.69) is 5.92 Å². The Bertz CT molecular complexity index is 201. The smallest absolute Gasteiger partial charge is 0.0832 e. The fraction of sp³-hybridized carbons (Fsp3) is 0.833. The van der Waals surface area contributed by atoms with Crippen LogP contribution in [-0.2, 0) is 4.74 Å². The lowest BCUT2D eigenvalue weighted by Crippen LogP contribution is -2.48. The van der Waals surface area contributed by atoms with Crippen molar-refractivity contribution in [3.63, 3.8) is 0 Å². The zero-order valence-corrected chi connectivity index (χ0v) is 9.09. The van der Waals surface area contributed by atoms with Crippen LogP contribution in [0.25, 0.3) is 0 Å². The first-order valence-electron chi connectivity index (χ1n) is 5.58. The maximum atomic E-state index is 6.17. The second-order valence-corrected chi connectivity index (χ2v) is 4.05. The Hall–Kier alpha value is -0.520. The summed E-state index contributed by atoms with van der Waals surface area (Å²) in [7, 11) is 0. The van der Waals surface area contributed by atoms with Gasteiger partial charge >= 0.3 is 0 Å². The molecule has 1 aliphatic carbocycles. The van der Waals surface area contributed by atoms with E-state index < -0.39 is 0 Å². The quantitative estimate of drug-likeness (QED) is 0.682. The van der Waals surface area contributed by atoms with Crippen molar-refractivity contribution >= 4 is 0 Å². The molecule has 0 aromatic heterocycles. The maximum Gasteiger partial charge on any atom is 0.0832 e. The highest BCUT2D eigenvalue weighted by atomic mass is 16.5. The zero-order chi connectivity index (χ0) is 10.4. The lowest BCUT2D eigenvalue weighted by Gasteiger charge is -2.34. The second kappa shape index (κ2) is 5.38. The molecule has 0 amide bonds. The van der Waals surface area contributed by atoms with E-state index in [-0.39, 0.29) is 11.6 Å². The summed E-state index contributed by atoms with van der Waals surface area (Å²) in [6, 6.07) is 0.112. The molecule has 0 saturated heterocycles. The van der Waals surface area contributed by atoms with E-state index in [1.165, 1.54) is 12.8 Å². The van der Waals surface area contributed by atoms with Crippen LogP contribution in [0.1, 0.15) is 45.4 Å². The lowest BCUT2D eigenvalue weighted by atomic mass is 9.89. The van der Waals surface area contributed by atoms with Crippen molar-refractivity contribution < 1.29 is 4.74 Å². The van der Waals surface area contributed by atoms with Gasteiger partial charge in [0, 0.05) is 19.1 Å². The maximum absolute atomic E-state index is 6.17. The van der Waals surface area contributed by atoms with Crippen molar-refractivity contribution in [1.82, 2.24) is 0 Å². The highest BCUT2D eigenvalue weighted by Crippen LogP contribution is 2.36. The zero-order valence-electron chi connectivity index (χ0n) is 9.09. The molecule has 1 fully saturated rings. The monoisotopic (exact) mass is 195 g/mol. The van der Waals surface area contributed by atoms with E-state index in [4.69, 9.17) is 16.9 Å². The molecule has 14 heavy (non-hydrogen) atoms. The SMILES string of the molecule is C#CCCC(N)C1(OCC)CCCC1. The molecule has 1 atom stereocenters. The van der Waals surface area contributed by atoms with E-state index >= 15 is 0 Å². The Kier molecular flexibility index (Phi) is 4.44. The van der Waals surface area contributed by atoms with Crippen LogP contribution < -0.4 is 5.73 Å². The van der Waals surface area contributed by atoms with Gasteiger partial charge in [0.25, 0.3) is 0 Å². The van der Waals surface area contributed by atoms with Crippen LogP contribution in [0.5, 0.6) is 0 Å². The third-order valence-corrected chi connectivity index (χ3v) is 3.16. The Morgan fingerprint density at radius 1 is 1.50 bits per heavy atom. The molecule has 0 aromatic rings. The van der Waals surface area contributed by atoms with Crippen LogP contribution in [0.4, 0.5) is 0 Å². The van der Waals surface area contributed by atoms with Crippen LogP contribution in [-0.4, -0.2) is 18.2 Å². The van der Waals surface area contributed by atoms with E-state index in [1.54, 1.807) is 0 Å². The van der Waals surface area contributed by atoms with Gasteiger partial charge < -0.3 is 10.5 Å². The fourth-order valence-electron chi connectivity index (χ4n) is 2.38. The summed E-state index contributed by atoms with van der Waals surface area (Å²) < 4.78 is 5.86. The Labute approximate surface area is 87.2 Å². The minimum Gasteiger partial charge on any atom is -0.374 e. The summed E-state index contributed by atoms with van der Waals surface area (Å²) in [5.41, 5.74) is 6.10. The van der Waals surface area contributed by atoms with Gasteiger partial charge in [0.15, 0.2) is 0 Å². The molecule has 1 unspecified atom stereocenters. The predicted molar refractivity (Wildman–Crippen MR) is 58.9 cm³/mol. The minimum absolute atomic E-state index is 0.0639. The molecule has 1 saturated carbocycles. The number of rotatable bonds is 5. The van der Waals surface area contributed by atoms with Crippen LogP contribution in [0.15, 0.2) is 0 Å². The number of hydrogen-bond donors (Lipinski definition) is 1. The Morgan fingerprint density at radius 2 is 2.14 bits per heavy atom. The summed E-state index contributed by atoms with van der Waals surface area (Å²) in [5, 5.41) is 0. The van der Waals surface area contributed by atoms with E-state index in [9.17, 15) is 0 Å². The third-order valence-electron chi connectivity index (χ3n) is 3.16. The number of hydrogen-bond acceptors (Lipinski definition) is 2. The fourth-order valence-corrected chi connectivity index (χ4v) is 2.38. The van der Waals surface area contributed by atoms with Gasteiger partial charge in [-0.15, -0.1) is 12.3 Å². The van der Waals surface area contributed by atoms with Gasteiger partial charge in [-0.1, -0.05) is 12.8 Å². The van der Waals surface area contributed by atoms with Gasteiger partial charge in [0.05, 0.1) is 5.60 Å². The first-order valence-corrected chi connectivity index (χ1v) is 5.58. The standard InChI is InChI=1S/C12H21NO/c1-3-5-8-11(13)12(14-4-2)9-6-7-10-12/h1,11H,4-10,13H2,2H3. The topological polar surface area (TPSA) is 35.2 Å². The molecule has 2 N–H and O–H groups in total. The third kappa shape index (κ3) is 2.50. The van der Waals surface area contributed by atoms with Crippen molar-refractivity contribution in [1.29, 1.82) is 0 Å². The van der Waals surface area contributed by atoms with Gasteiger partial charge in [-0.3, -0.25) is 0 Å². The second-order valence-electron chi connectivity index (χ2n) is 4.05. The molecule has 80 valence electrons. The lowest BCUT2D eigenvalue weighted by molar-refractivity contribution is -0.0539.